The molecule has 0 amide bonds. The molecule has 1 aliphatic heterocycles. The minimum atomic E-state index is 0.208. The quantitative estimate of drug-likeness (QED) is 0.856. The Balaban J connectivity index is 1.69. The van der Waals surface area contributed by atoms with Crippen molar-refractivity contribution < 1.29 is 4.74 Å². The second kappa shape index (κ2) is 4.31. The molecule has 0 spiro atoms. The summed E-state index contributed by atoms with van der Waals surface area (Å²) in [5.41, 5.74) is 0.208. The van der Waals surface area contributed by atoms with E-state index in [1.807, 2.05) is 0 Å². The van der Waals surface area contributed by atoms with Crippen molar-refractivity contribution in [3.05, 3.63) is 12.2 Å². The molecule has 4 atom stereocenters. The fourth-order valence-electron chi connectivity index (χ4n) is 3.63. The topological polar surface area (TPSA) is 62.8 Å². The van der Waals surface area contributed by atoms with E-state index in [1.165, 1.54) is 12.8 Å². The molecule has 1 aromatic heterocycles. The smallest absolute Gasteiger partial charge is 0.141 e. The molecule has 5 heteroatoms. The number of H-pyrrole nitrogens is 1. The summed E-state index contributed by atoms with van der Waals surface area (Å²) >= 11 is 0. The van der Waals surface area contributed by atoms with E-state index in [2.05, 4.69) is 41.3 Å². The van der Waals surface area contributed by atoms with Gasteiger partial charge in [-0.1, -0.05) is 13.8 Å². The van der Waals surface area contributed by atoms with E-state index in [4.69, 9.17) is 4.74 Å². The Kier molecular flexibility index (Phi) is 2.90. The van der Waals surface area contributed by atoms with Gasteiger partial charge in [0.1, 0.15) is 12.2 Å². The normalized spacial score (nSPS) is 35.6. The van der Waals surface area contributed by atoms with Crippen molar-refractivity contribution in [2.24, 2.45) is 11.3 Å². The van der Waals surface area contributed by atoms with Gasteiger partial charge in [0.25, 0.3) is 0 Å². The van der Waals surface area contributed by atoms with Crippen molar-refractivity contribution in [3.63, 3.8) is 0 Å². The lowest BCUT2D eigenvalue weighted by molar-refractivity contribution is -0.194. The minimum absolute atomic E-state index is 0.208. The van der Waals surface area contributed by atoms with Gasteiger partial charge in [0.15, 0.2) is 0 Å². The highest BCUT2D eigenvalue weighted by Gasteiger charge is 2.57. The summed E-state index contributed by atoms with van der Waals surface area (Å²) in [7, 11) is 0. The fraction of sp³-hybridized carbons (Fsp3) is 0.846. The van der Waals surface area contributed by atoms with Gasteiger partial charge >= 0.3 is 0 Å². The van der Waals surface area contributed by atoms with Crippen LogP contribution in [0.5, 0.6) is 0 Å². The molecule has 100 valence electrons. The molecular weight excluding hydrogens is 228 g/mol. The number of nitrogens with zero attached hydrogens (tertiary/aromatic N) is 2. The monoisotopic (exact) mass is 250 g/mol. The number of nitrogens with one attached hydrogen (secondary N) is 2. The van der Waals surface area contributed by atoms with Crippen LogP contribution in [0.3, 0.4) is 0 Å². The maximum absolute atomic E-state index is 5.92. The predicted octanol–water partition coefficient (Wildman–Crippen LogP) is 1.66. The van der Waals surface area contributed by atoms with Crippen LogP contribution in [0.25, 0.3) is 0 Å². The first-order valence-electron chi connectivity index (χ1n) is 6.83. The molecule has 2 fully saturated rings. The predicted molar refractivity (Wildman–Crippen MR) is 68.0 cm³/mol. The van der Waals surface area contributed by atoms with Crippen molar-refractivity contribution in [2.45, 2.75) is 51.8 Å². The van der Waals surface area contributed by atoms with Crippen LogP contribution in [0.15, 0.2) is 6.33 Å². The second-order valence-electron chi connectivity index (χ2n) is 6.16. The number of rotatable bonds is 3. The summed E-state index contributed by atoms with van der Waals surface area (Å²) in [6.45, 7) is 7.65. The molecule has 2 N–H and O–H groups in total. The van der Waals surface area contributed by atoms with Crippen LogP contribution in [0.2, 0.25) is 0 Å². The Morgan fingerprint density at radius 2 is 2.39 bits per heavy atom. The van der Waals surface area contributed by atoms with Gasteiger partial charge in [0.2, 0.25) is 0 Å². The van der Waals surface area contributed by atoms with Crippen LogP contribution in [-0.2, 0) is 4.74 Å². The lowest BCUT2D eigenvalue weighted by Crippen LogP contribution is -2.69. The number of hydrogen-bond acceptors (Lipinski definition) is 4. The van der Waals surface area contributed by atoms with Crippen molar-refractivity contribution in [1.29, 1.82) is 0 Å². The Morgan fingerprint density at radius 3 is 3.11 bits per heavy atom. The third-order valence-corrected chi connectivity index (χ3v) is 4.60. The highest BCUT2D eigenvalue weighted by molar-refractivity contribution is 5.11. The van der Waals surface area contributed by atoms with E-state index in [0.29, 0.717) is 18.1 Å². The first kappa shape index (κ1) is 12.1. The van der Waals surface area contributed by atoms with E-state index in [0.717, 1.165) is 12.4 Å². The summed E-state index contributed by atoms with van der Waals surface area (Å²) in [4.78, 5) is 4.22. The van der Waals surface area contributed by atoms with Gasteiger partial charge in [-0.2, -0.15) is 5.10 Å². The molecule has 1 aromatic rings. The summed E-state index contributed by atoms with van der Waals surface area (Å²) < 4.78 is 5.92. The van der Waals surface area contributed by atoms with E-state index >= 15 is 0 Å². The summed E-state index contributed by atoms with van der Waals surface area (Å²) in [5, 5.41) is 10.5. The molecule has 0 radical (unpaired) electrons. The fourth-order valence-corrected chi connectivity index (χ4v) is 3.63. The molecule has 2 aliphatic rings. The van der Waals surface area contributed by atoms with Crippen molar-refractivity contribution in [1.82, 2.24) is 20.5 Å². The average molecular weight is 250 g/mol. The number of ether oxygens (including phenoxy) is 1. The Labute approximate surface area is 108 Å². The van der Waals surface area contributed by atoms with Crippen LogP contribution in [0.1, 0.15) is 45.5 Å². The van der Waals surface area contributed by atoms with Crippen molar-refractivity contribution in [3.8, 4) is 0 Å². The maximum atomic E-state index is 5.92. The maximum Gasteiger partial charge on any atom is 0.141 e. The van der Waals surface area contributed by atoms with Gasteiger partial charge < -0.3 is 10.1 Å². The van der Waals surface area contributed by atoms with Crippen molar-refractivity contribution >= 4 is 0 Å². The second-order valence-corrected chi connectivity index (χ2v) is 6.16. The minimum Gasteiger partial charge on any atom is -0.377 e. The molecule has 3 rings (SSSR count). The van der Waals surface area contributed by atoms with Crippen molar-refractivity contribution in [2.75, 3.05) is 6.61 Å². The van der Waals surface area contributed by atoms with Crippen LogP contribution >= 0.6 is 0 Å². The van der Waals surface area contributed by atoms with Crippen LogP contribution in [0.4, 0.5) is 0 Å². The molecule has 0 bridgehead atoms. The molecule has 0 aromatic carbocycles. The van der Waals surface area contributed by atoms with Gasteiger partial charge in [-0.25, -0.2) is 4.98 Å². The molecule has 1 saturated heterocycles. The highest BCUT2D eigenvalue weighted by Crippen LogP contribution is 2.51. The van der Waals surface area contributed by atoms with E-state index in [9.17, 15) is 0 Å². The van der Waals surface area contributed by atoms with Gasteiger partial charge in [0.05, 0.1) is 12.1 Å². The van der Waals surface area contributed by atoms with E-state index in [-0.39, 0.29) is 11.5 Å². The third kappa shape index (κ3) is 1.77. The largest absolute Gasteiger partial charge is 0.377 e. The SMILES string of the molecule is CC(NC1C2CCCOC2C1(C)C)c1ncn[nH]1. The van der Waals surface area contributed by atoms with E-state index < -0.39 is 0 Å². The van der Waals surface area contributed by atoms with Gasteiger partial charge in [-0.15, -0.1) is 0 Å². The van der Waals surface area contributed by atoms with Gasteiger partial charge in [-0.3, -0.25) is 5.10 Å². The van der Waals surface area contributed by atoms with Crippen LogP contribution in [-0.4, -0.2) is 33.9 Å². The number of aromatic amines is 1. The highest BCUT2D eigenvalue weighted by atomic mass is 16.5. The molecule has 2 heterocycles. The Hall–Kier alpha value is -0.940. The molecule has 4 unspecified atom stereocenters. The molecular formula is C13H22N4O. The van der Waals surface area contributed by atoms with Crippen LogP contribution < -0.4 is 5.32 Å². The lowest BCUT2D eigenvalue weighted by atomic mass is 9.55. The molecule has 5 nitrogen and oxygen atoms in total. The number of hydrogen-bond donors (Lipinski definition) is 2. The zero-order chi connectivity index (χ0) is 12.8. The first-order chi connectivity index (χ1) is 8.60. The molecule has 1 saturated carbocycles. The van der Waals surface area contributed by atoms with E-state index in [1.54, 1.807) is 6.33 Å². The average Bonchev–Trinajstić information content (AvgIpc) is 2.89. The number of fused-ring (bicyclic) bond motifs is 1. The summed E-state index contributed by atoms with van der Waals surface area (Å²) in [6, 6.07) is 0.711. The zero-order valence-corrected chi connectivity index (χ0v) is 11.3. The van der Waals surface area contributed by atoms with Gasteiger partial charge in [-0.05, 0) is 19.8 Å². The summed E-state index contributed by atoms with van der Waals surface area (Å²) in [6.07, 6.45) is 4.44. The van der Waals surface area contributed by atoms with Crippen LogP contribution in [0, 0.1) is 11.3 Å². The lowest BCUT2D eigenvalue weighted by Gasteiger charge is -2.60. The Bertz CT molecular complexity index is 403. The Morgan fingerprint density at radius 1 is 1.56 bits per heavy atom. The van der Waals surface area contributed by atoms with Gasteiger partial charge in [0, 0.05) is 24.0 Å². The third-order valence-electron chi connectivity index (χ3n) is 4.60. The number of aromatic nitrogens is 3. The molecule has 1 aliphatic carbocycles. The standard InChI is InChI=1S/C13H22N4O/c1-8(12-14-7-15-17-12)16-10-9-5-4-6-18-11(9)13(10,2)3/h7-11,16H,4-6H2,1-3H3,(H,14,15,17). The summed E-state index contributed by atoms with van der Waals surface area (Å²) in [5.74, 6) is 1.56. The molecule has 18 heavy (non-hydrogen) atoms. The first-order valence-corrected chi connectivity index (χ1v) is 6.83. The zero-order valence-electron chi connectivity index (χ0n) is 11.3.